The van der Waals surface area contributed by atoms with E-state index in [4.69, 9.17) is 0 Å². The fraction of sp³-hybridized carbons (Fsp3) is 0.545. The summed E-state index contributed by atoms with van der Waals surface area (Å²) in [6, 6.07) is 4.38. The number of hydrogen-bond acceptors (Lipinski definition) is 9. The summed E-state index contributed by atoms with van der Waals surface area (Å²) in [7, 11) is 2.00. The molecule has 4 atom stereocenters. The number of aliphatic hydroxyl groups excluding tert-OH is 1. The fourth-order valence-electron chi connectivity index (χ4n) is 6.44. The molecule has 3 aromatic rings. The van der Waals surface area contributed by atoms with Crippen LogP contribution in [0.4, 0.5) is 10.1 Å². The summed E-state index contributed by atoms with van der Waals surface area (Å²) in [5, 5.41) is 25.4. The highest BCUT2D eigenvalue weighted by molar-refractivity contribution is 7.07. The van der Waals surface area contributed by atoms with E-state index in [9.17, 15) is 19.5 Å². The number of aliphatic hydroxyl groups is 1. The quantitative estimate of drug-likeness (QED) is 0.215. The van der Waals surface area contributed by atoms with Gasteiger partial charge in [-0.05, 0) is 56.5 Å². The summed E-state index contributed by atoms with van der Waals surface area (Å²) in [6.45, 7) is 6.75. The minimum atomic E-state index is -1.18. The van der Waals surface area contributed by atoms with Gasteiger partial charge in [0.15, 0.2) is 0 Å². The van der Waals surface area contributed by atoms with E-state index in [0.717, 1.165) is 45.2 Å². The highest BCUT2D eigenvalue weighted by Gasteiger charge is 2.35. The van der Waals surface area contributed by atoms with Crippen molar-refractivity contribution in [1.82, 2.24) is 35.2 Å². The third-order valence-corrected chi connectivity index (χ3v) is 9.97. The molecule has 0 radical (unpaired) electrons. The highest BCUT2D eigenvalue weighted by Crippen LogP contribution is 2.30. The molecule has 2 aromatic heterocycles. The van der Waals surface area contributed by atoms with E-state index < -0.39 is 41.9 Å². The summed E-state index contributed by atoms with van der Waals surface area (Å²) in [5.41, 5.74) is 2.88. The number of rotatable bonds is 12. The number of aromatic nitrogens is 3. The molecule has 1 saturated carbocycles. The van der Waals surface area contributed by atoms with Crippen molar-refractivity contribution in [1.29, 1.82) is 0 Å². The molecular formula is C33H45FN8O4S. The van der Waals surface area contributed by atoms with Crippen LogP contribution in [0, 0.1) is 11.7 Å². The van der Waals surface area contributed by atoms with Gasteiger partial charge in [-0.1, -0.05) is 32.3 Å². The summed E-state index contributed by atoms with van der Waals surface area (Å²) in [5.74, 6) is -2.34. The summed E-state index contributed by atoms with van der Waals surface area (Å²) >= 11 is 1.34. The average Bonchev–Trinajstić information content (AvgIpc) is 3.80. The Bertz CT molecular complexity index is 1500. The number of benzene rings is 1. The van der Waals surface area contributed by atoms with E-state index in [1.54, 1.807) is 38.8 Å². The van der Waals surface area contributed by atoms with Gasteiger partial charge in [0.1, 0.15) is 23.8 Å². The Morgan fingerprint density at radius 1 is 1.11 bits per heavy atom. The average molecular weight is 669 g/mol. The second-order valence-corrected chi connectivity index (χ2v) is 13.2. The Morgan fingerprint density at radius 2 is 1.85 bits per heavy atom. The van der Waals surface area contributed by atoms with Gasteiger partial charge in [-0.15, -0.1) is 11.3 Å². The first kappa shape index (κ1) is 34.6. The number of amides is 3. The lowest BCUT2D eigenvalue weighted by Gasteiger charge is -2.37. The van der Waals surface area contributed by atoms with Crippen molar-refractivity contribution in [3.63, 3.8) is 0 Å². The normalized spacial score (nSPS) is 18.7. The standard InChI is InChI=1S/C33H45FN8O4S/c1-4-42-27(12-13-36-42)31(44)39-29(22-8-6-5-7-9-22)32(45)37-25-11-10-23(18-24(25)34)21(2)28(38-30(43)26-19-47-20-35-26)33(46)41-16-14-40(3)15-17-41/h10-13,18-22,28-30,38,43H,4-9,14-17H2,1-3H3,(H,37,45)(H,39,44)/t21-,28+,29-,30?/m0/s1. The lowest BCUT2D eigenvalue weighted by Crippen LogP contribution is -2.55. The van der Waals surface area contributed by atoms with E-state index >= 15 is 4.39 Å². The van der Waals surface area contributed by atoms with Gasteiger partial charge < -0.3 is 25.5 Å². The van der Waals surface area contributed by atoms with Crippen LogP contribution in [0.5, 0.6) is 0 Å². The summed E-state index contributed by atoms with van der Waals surface area (Å²) in [4.78, 5) is 48.7. The first-order valence-corrected chi connectivity index (χ1v) is 17.3. The molecule has 2 aliphatic rings. The number of piperazine rings is 1. The predicted octanol–water partition coefficient (Wildman–Crippen LogP) is 3.34. The molecule has 14 heteroatoms. The zero-order chi connectivity index (χ0) is 33.5. The highest BCUT2D eigenvalue weighted by atomic mass is 32.1. The lowest BCUT2D eigenvalue weighted by molar-refractivity contribution is -0.136. The molecule has 3 amide bonds. The molecule has 5 rings (SSSR count). The minimum Gasteiger partial charge on any atom is -0.373 e. The molecule has 0 spiro atoms. The van der Waals surface area contributed by atoms with Gasteiger partial charge in [-0.3, -0.25) is 24.4 Å². The van der Waals surface area contributed by atoms with Gasteiger partial charge in [0.05, 0.1) is 22.9 Å². The number of anilines is 1. The minimum absolute atomic E-state index is 0.0166. The van der Waals surface area contributed by atoms with Crippen molar-refractivity contribution in [2.24, 2.45) is 5.92 Å². The Morgan fingerprint density at radius 3 is 2.51 bits per heavy atom. The van der Waals surface area contributed by atoms with Crippen LogP contribution in [0.1, 0.15) is 79.8 Å². The van der Waals surface area contributed by atoms with Gasteiger partial charge in [-0.2, -0.15) is 5.10 Å². The molecule has 1 saturated heterocycles. The third kappa shape index (κ3) is 8.42. The van der Waals surface area contributed by atoms with E-state index in [-0.39, 0.29) is 17.5 Å². The molecule has 1 aliphatic heterocycles. The molecular weight excluding hydrogens is 623 g/mol. The SMILES string of the molecule is CCn1nccc1C(=O)N[C@H](C(=O)Nc1ccc([C@H](C)[C@@H](NC(O)c2cscn2)C(=O)N2CCN(C)CC2)cc1F)C1CCCCC1. The van der Waals surface area contributed by atoms with E-state index in [1.807, 2.05) is 20.9 Å². The molecule has 1 aliphatic carbocycles. The Hall–Kier alpha value is -3.72. The topological polar surface area (TPSA) is 145 Å². The van der Waals surface area contributed by atoms with E-state index in [0.29, 0.717) is 36.6 Å². The van der Waals surface area contributed by atoms with Crippen LogP contribution in [0.25, 0.3) is 0 Å². The molecule has 1 unspecified atom stereocenters. The van der Waals surface area contributed by atoms with Crippen LogP contribution in [-0.4, -0.2) is 92.7 Å². The number of thiazole rings is 1. The van der Waals surface area contributed by atoms with Crippen LogP contribution >= 0.6 is 11.3 Å². The number of likely N-dealkylation sites (N-methyl/N-ethyl adjacent to an activating group) is 1. The number of hydrogen-bond donors (Lipinski definition) is 4. The second-order valence-electron chi connectivity index (χ2n) is 12.5. The monoisotopic (exact) mass is 668 g/mol. The molecule has 1 aromatic carbocycles. The first-order valence-electron chi connectivity index (χ1n) is 16.4. The maximum atomic E-state index is 15.7. The second kappa shape index (κ2) is 15.9. The predicted molar refractivity (Wildman–Crippen MR) is 177 cm³/mol. The van der Waals surface area contributed by atoms with Crippen LogP contribution in [0.2, 0.25) is 0 Å². The van der Waals surface area contributed by atoms with Crippen molar-refractivity contribution in [2.75, 3.05) is 38.5 Å². The van der Waals surface area contributed by atoms with Crippen LogP contribution in [0.3, 0.4) is 0 Å². The van der Waals surface area contributed by atoms with Crippen molar-refractivity contribution in [3.05, 3.63) is 64.1 Å². The zero-order valence-electron chi connectivity index (χ0n) is 27.2. The fourth-order valence-corrected chi connectivity index (χ4v) is 7.01. The molecule has 2 fully saturated rings. The van der Waals surface area contributed by atoms with Crippen LogP contribution in [-0.2, 0) is 16.1 Å². The molecule has 254 valence electrons. The molecule has 12 nitrogen and oxygen atoms in total. The Labute approximate surface area is 278 Å². The largest absolute Gasteiger partial charge is 0.373 e. The molecule has 47 heavy (non-hydrogen) atoms. The molecule has 4 N–H and O–H groups in total. The van der Waals surface area contributed by atoms with Gasteiger partial charge >= 0.3 is 0 Å². The smallest absolute Gasteiger partial charge is 0.270 e. The first-order chi connectivity index (χ1) is 22.7. The van der Waals surface area contributed by atoms with Gasteiger partial charge in [0, 0.05) is 50.2 Å². The van der Waals surface area contributed by atoms with E-state index in [2.05, 4.69) is 30.9 Å². The van der Waals surface area contributed by atoms with Crippen LogP contribution in [0.15, 0.2) is 41.4 Å². The van der Waals surface area contributed by atoms with E-state index in [1.165, 1.54) is 23.5 Å². The van der Waals surface area contributed by atoms with Gasteiger partial charge in [0.2, 0.25) is 11.8 Å². The van der Waals surface area contributed by atoms with Crippen molar-refractivity contribution < 1.29 is 23.9 Å². The number of carbonyl (C=O) groups is 3. The zero-order valence-corrected chi connectivity index (χ0v) is 28.0. The van der Waals surface area contributed by atoms with Gasteiger partial charge in [-0.25, -0.2) is 9.37 Å². The number of nitrogens with zero attached hydrogens (tertiary/aromatic N) is 5. The van der Waals surface area contributed by atoms with Crippen molar-refractivity contribution >= 4 is 34.7 Å². The lowest BCUT2D eigenvalue weighted by atomic mass is 9.83. The number of carbonyl (C=O) groups excluding carboxylic acids is 3. The third-order valence-electron chi connectivity index (χ3n) is 9.37. The summed E-state index contributed by atoms with van der Waals surface area (Å²) < 4.78 is 17.3. The molecule has 3 heterocycles. The maximum Gasteiger partial charge on any atom is 0.270 e. The summed E-state index contributed by atoms with van der Waals surface area (Å²) in [6.07, 6.45) is 4.92. The number of halogens is 1. The Balaban J connectivity index is 1.33. The van der Waals surface area contributed by atoms with Crippen molar-refractivity contribution in [3.8, 4) is 0 Å². The van der Waals surface area contributed by atoms with Crippen molar-refractivity contribution in [2.45, 2.75) is 76.7 Å². The number of nitrogens with one attached hydrogen (secondary N) is 3. The molecule has 0 bridgehead atoms. The maximum absolute atomic E-state index is 15.7. The van der Waals surface area contributed by atoms with Crippen LogP contribution < -0.4 is 16.0 Å². The van der Waals surface area contributed by atoms with Gasteiger partial charge in [0.25, 0.3) is 5.91 Å². The Kier molecular flexibility index (Phi) is 11.7. The number of aryl methyl sites for hydroxylation is 1.